The first-order valence-electron chi connectivity index (χ1n) is 21.7. The van der Waals surface area contributed by atoms with E-state index in [-0.39, 0.29) is 17.8 Å². The van der Waals surface area contributed by atoms with E-state index in [2.05, 4.69) is 59.6 Å². The lowest BCUT2D eigenvalue weighted by atomic mass is 10.1. The summed E-state index contributed by atoms with van der Waals surface area (Å²) in [6.45, 7) is 6.59. The monoisotopic (exact) mass is 715 g/mol. The molecule has 0 aliphatic rings. The fourth-order valence-corrected chi connectivity index (χ4v) is 6.63. The van der Waals surface area contributed by atoms with Crippen LogP contribution < -0.4 is 15.2 Å². The Morgan fingerprint density at radius 1 is 0.529 bits per heavy atom. The van der Waals surface area contributed by atoms with Gasteiger partial charge in [0.15, 0.2) is 12.4 Å². The molecule has 0 aromatic carbocycles. The molecule has 1 rings (SSSR count). The average Bonchev–Trinajstić information content (AvgIpc) is 3.14. The van der Waals surface area contributed by atoms with Gasteiger partial charge in [0.05, 0.1) is 6.61 Å². The van der Waals surface area contributed by atoms with Gasteiger partial charge in [0, 0.05) is 37.9 Å². The molecule has 0 spiro atoms. The number of esters is 1. The van der Waals surface area contributed by atoms with Crippen LogP contribution >= 0.6 is 0 Å². The Labute approximate surface area is 314 Å². The molecule has 0 bridgehead atoms. The van der Waals surface area contributed by atoms with E-state index in [1.165, 1.54) is 116 Å². The van der Waals surface area contributed by atoms with Crippen molar-refractivity contribution in [2.75, 3.05) is 13.2 Å². The van der Waals surface area contributed by atoms with E-state index in [0.717, 1.165) is 64.3 Å². The Bertz CT molecular complexity index is 942. The lowest BCUT2D eigenvalue weighted by Crippen LogP contribution is -2.42. The molecular weight excluding hydrogens is 635 g/mol. The number of aromatic nitrogens is 1. The lowest BCUT2D eigenvalue weighted by molar-refractivity contribution is -0.697. The second-order valence-electron chi connectivity index (χ2n) is 14.9. The van der Waals surface area contributed by atoms with Crippen molar-refractivity contribution in [1.82, 2.24) is 10.6 Å². The van der Waals surface area contributed by atoms with Crippen LogP contribution in [0.25, 0.3) is 0 Å². The minimum absolute atomic E-state index is 0.0586. The number of aryl methyl sites for hydroxylation is 1. The summed E-state index contributed by atoms with van der Waals surface area (Å²) in [7, 11) is 0. The Hall–Kier alpha value is -2.44. The smallest absolute Gasteiger partial charge is 0.328 e. The van der Waals surface area contributed by atoms with Crippen molar-refractivity contribution in [3.8, 4) is 0 Å². The average molecular weight is 715 g/mol. The fraction of sp³-hybridized carbons (Fsp3) is 0.818. The topological polar surface area (TPSA) is 88.4 Å². The Kier molecular flexibility index (Phi) is 32.8. The highest BCUT2D eigenvalue weighted by atomic mass is 16.5. The number of ether oxygens (including phenoxy) is 1. The molecule has 0 unspecified atom stereocenters. The standard InChI is InChI=1S/C44H79N3O4/c1-3-5-7-9-11-13-16-20-25-34-42(48)45-36-28-27-33-41(44(50)51-40-32-23-19-12-10-8-6-4-2)46-43(49)35-26-21-17-14-15-18-22-29-37-47-38-30-24-31-39-47/h24,30-31,38-39,41H,3-23,25-29,32-37,40H2,1-2H3,(H-,45,46,48,49)/p+1/t41-/m0/s1. The molecule has 51 heavy (non-hydrogen) atoms. The van der Waals surface area contributed by atoms with E-state index in [1.54, 1.807) is 0 Å². The van der Waals surface area contributed by atoms with Gasteiger partial charge in [-0.2, -0.15) is 0 Å². The second kappa shape index (κ2) is 35.9. The number of hydrogen-bond acceptors (Lipinski definition) is 4. The molecule has 0 saturated carbocycles. The van der Waals surface area contributed by atoms with Crippen LogP contribution in [0.3, 0.4) is 0 Å². The normalized spacial score (nSPS) is 11.7. The highest BCUT2D eigenvalue weighted by molar-refractivity contribution is 5.84. The fourth-order valence-electron chi connectivity index (χ4n) is 6.63. The number of pyridine rings is 1. The first kappa shape index (κ1) is 46.6. The van der Waals surface area contributed by atoms with Gasteiger partial charge in [-0.3, -0.25) is 9.59 Å². The summed E-state index contributed by atoms with van der Waals surface area (Å²) in [5.41, 5.74) is 0. The van der Waals surface area contributed by atoms with Crippen molar-refractivity contribution in [3.63, 3.8) is 0 Å². The van der Waals surface area contributed by atoms with Crippen molar-refractivity contribution in [1.29, 1.82) is 0 Å². The van der Waals surface area contributed by atoms with Gasteiger partial charge in [-0.05, 0) is 44.9 Å². The molecule has 0 fully saturated rings. The third kappa shape index (κ3) is 30.9. The maximum Gasteiger partial charge on any atom is 0.328 e. The first-order valence-corrected chi connectivity index (χ1v) is 21.7. The van der Waals surface area contributed by atoms with Gasteiger partial charge in [0.25, 0.3) is 0 Å². The third-order valence-electron chi connectivity index (χ3n) is 9.96. The van der Waals surface area contributed by atoms with Crippen molar-refractivity contribution >= 4 is 17.8 Å². The number of rotatable bonds is 37. The minimum atomic E-state index is -0.613. The van der Waals surface area contributed by atoms with E-state index < -0.39 is 6.04 Å². The number of nitrogens with one attached hydrogen (secondary N) is 2. The summed E-state index contributed by atoms with van der Waals surface area (Å²) in [5.74, 6) is -0.252. The summed E-state index contributed by atoms with van der Waals surface area (Å²) in [5, 5.41) is 6.04. The molecule has 1 aromatic rings. The van der Waals surface area contributed by atoms with Crippen LogP contribution in [-0.4, -0.2) is 37.0 Å². The van der Waals surface area contributed by atoms with Crippen molar-refractivity contribution < 1.29 is 23.7 Å². The van der Waals surface area contributed by atoms with Gasteiger partial charge in [-0.1, -0.05) is 148 Å². The minimum Gasteiger partial charge on any atom is -0.464 e. The Balaban J connectivity index is 2.25. The van der Waals surface area contributed by atoms with Crippen LogP contribution in [-0.2, 0) is 25.7 Å². The highest BCUT2D eigenvalue weighted by Gasteiger charge is 2.21. The molecule has 0 aliphatic heterocycles. The number of hydrogen-bond donors (Lipinski definition) is 2. The van der Waals surface area contributed by atoms with E-state index in [4.69, 9.17) is 4.74 Å². The van der Waals surface area contributed by atoms with Gasteiger partial charge in [-0.15, -0.1) is 0 Å². The highest BCUT2D eigenvalue weighted by Crippen LogP contribution is 2.13. The van der Waals surface area contributed by atoms with Crippen molar-refractivity contribution in [3.05, 3.63) is 30.6 Å². The number of carbonyl (C=O) groups is 3. The number of nitrogens with zero attached hydrogens (tertiary/aromatic N) is 1. The molecule has 0 radical (unpaired) electrons. The van der Waals surface area contributed by atoms with Gasteiger partial charge in [0.2, 0.25) is 11.8 Å². The first-order chi connectivity index (χ1) is 25.1. The Morgan fingerprint density at radius 2 is 1.00 bits per heavy atom. The van der Waals surface area contributed by atoms with Crippen LogP contribution in [0.1, 0.15) is 206 Å². The van der Waals surface area contributed by atoms with Gasteiger partial charge >= 0.3 is 5.97 Å². The van der Waals surface area contributed by atoms with Crippen LogP contribution in [0.15, 0.2) is 30.6 Å². The van der Waals surface area contributed by atoms with E-state index in [0.29, 0.717) is 32.4 Å². The summed E-state index contributed by atoms with van der Waals surface area (Å²) < 4.78 is 7.88. The maximum absolute atomic E-state index is 13.0. The van der Waals surface area contributed by atoms with E-state index in [1.807, 2.05) is 0 Å². The summed E-state index contributed by atoms with van der Waals surface area (Å²) in [4.78, 5) is 38.1. The molecule has 1 aromatic heterocycles. The van der Waals surface area contributed by atoms with Gasteiger partial charge < -0.3 is 15.4 Å². The zero-order valence-electron chi connectivity index (χ0n) is 33.4. The summed E-state index contributed by atoms with van der Waals surface area (Å²) in [6.07, 6.45) is 37.3. The number of amides is 2. The largest absolute Gasteiger partial charge is 0.464 e. The van der Waals surface area contributed by atoms with Gasteiger partial charge in [0.1, 0.15) is 12.6 Å². The van der Waals surface area contributed by atoms with Crippen LogP contribution in [0.2, 0.25) is 0 Å². The second-order valence-corrected chi connectivity index (χ2v) is 14.9. The van der Waals surface area contributed by atoms with E-state index in [9.17, 15) is 14.4 Å². The lowest BCUT2D eigenvalue weighted by Gasteiger charge is -2.18. The quantitative estimate of drug-likeness (QED) is 0.0408. The van der Waals surface area contributed by atoms with E-state index >= 15 is 0 Å². The van der Waals surface area contributed by atoms with Crippen molar-refractivity contribution in [2.24, 2.45) is 0 Å². The summed E-state index contributed by atoms with van der Waals surface area (Å²) >= 11 is 0. The molecule has 2 N–H and O–H groups in total. The molecule has 7 nitrogen and oxygen atoms in total. The predicted molar refractivity (Wildman–Crippen MR) is 212 cm³/mol. The maximum atomic E-state index is 13.0. The molecular formula is C44H80N3O4+. The molecule has 1 atom stereocenters. The molecule has 2 amide bonds. The van der Waals surface area contributed by atoms with Crippen LogP contribution in [0.5, 0.6) is 0 Å². The molecule has 294 valence electrons. The number of carbonyl (C=O) groups excluding carboxylic acids is 3. The zero-order valence-corrected chi connectivity index (χ0v) is 33.4. The van der Waals surface area contributed by atoms with Crippen molar-refractivity contribution in [2.45, 2.75) is 219 Å². The summed E-state index contributed by atoms with van der Waals surface area (Å²) in [6, 6.07) is 5.59. The third-order valence-corrected chi connectivity index (χ3v) is 9.96. The molecule has 1 heterocycles. The van der Waals surface area contributed by atoms with Crippen LogP contribution in [0.4, 0.5) is 0 Å². The SMILES string of the molecule is CCCCCCCCCCCC(=O)NCCCC[C@H](NC(=O)CCCCCCCCCC[n+]1ccccc1)C(=O)OCCCCCCCCCC. The van der Waals surface area contributed by atoms with Gasteiger partial charge in [-0.25, -0.2) is 9.36 Å². The predicted octanol–water partition coefficient (Wildman–Crippen LogP) is 10.9. The Morgan fingerprint density at radius 3 is 1.55 bits per heavy atom. The zero-order chi connectivity index (χ0) is 36.9. The number of unbranched alkanes of at least 4 members (excludes halogenated alkanes) is 23. The van der Waals surface area contributed by atoms with Crippen LogP contribution in [0, 0.1) is 0 Å². The molecule has 0 aliphatic carbocycles. The molecule has 0 saturated heterocycles. The molecule has 7 heteroatoms.